The zero-order chi connectivity index (χ0) is 11.3. The highest BCUT2D eigenvalue weighted by Crippen LogP contribution is 2.22. The van der Waals surface area contributed by atoms with Crippen molar-refractivity contribution in [3.05, 3.63) is 23.9 Å². The first kappa shape index (κ1) is 11.5. The van der Waals surface area contributed by atoms with Gasteiger partial charge in [-0.05, 0) is 20.0 Å². The zero-order valence-corrected chi connectivity index (χ0v) is 9.49. The highest BCUT2D eigenvalue weighted by atomic mass is 15.2. The van der Waals surface area contributed by atoms with Gasteiger partial charge in [0.15, 0.2) is 0 Å². The van der Waals surface area contributed by atoms with Crippen LogP contribution in [0.25, 0.3) is 0 Å². The Morgan fingerprint density at radius 2 is 2.40 bits per heavy atom. The molecule has 1 N–H and O–H groups in total. The van der Waals surface area contributed by atoms with Crippen molar-refractivity contribution in [2.24, 2.45) is 0 Å². The van der Waals surface area contributed by atoms with Crippen molar-refractivity contribution in [2.45, 2.75) is 13.0 Å². The summed E-state index contributed by atoms with van der Waals surface area (Å²) in [6, 6.07) is 4.28. The molecule has 1 aromatic rings. The van der Waals surface area contributed by atoms with E-state index in [0.717, 1.165) is 11.4 Å². The second-order valence-electron chi connectivity index (χ2n) is 3.49. The van der Waals surface area contributed by atoms with Crippen LogP contribution in [0.4, 0.5) is 5.82 Å². The Labute approximate surface area is 91.5 Å². The molecule has 80 valence electrons. The number of hydrogen-bond acceptors (Lipinski definition) is 3. The minimum atomic E-state index is 0.272. The van der Waals surface area contributed by atoms with Crippen molar-refractivity contribution in [2.75, 3.05) is 25.5 Å². The molecule has 1 atom stereocenters. The predicted octanol–water partition coefficient (Wildman–Crippen LogP) is 1.43. The molecular weight excluding hydrogens is 186 g/mol. The topological polar surface area (TPSA) is 28.2 Å². The molecule has 0 aromatic carbocycles. The Morgan fingerprint density at radius 3 is 3.00 bits per heavy atom. The quantitative estimate of drug-likeness (QED) is 0.750. The molecule has 0 bridgehead atoms. The van der Waals surface area contributed by atoms with E-state index in [9.17, 15) is 0 Å². The lowest BCUT2D eigenvalue weighted by molar-refractivity contribution is 0.648. The Hall–Kier alpha value is -1.53. The molecule has 0 aliphatic rings. The van der Waals surface area contributed by atoms with Gasteiger partial charge in [-0.2, -0.15) is 0 Å². The first-order valence-electron chi connectivity index (χ1n) is 4.97. The molecule has 0 aliphatic heterocycles. The molecule has 3 heteroatoms. The number of aromatic nitrogens is 1. The fourth-order valence-corrected chi connectivity index (χ4v) is 1.43. The Kier molecular flexibility index (Phi) is 4.14. The SMILES string of the molecule is C#CCN(C)c1ncccc1C(C)NC. The van der Waals surface area contributed by atoms with Crippen LogP contribution in [0.2, 0.25) is 0 Å². The maximum absolute atomic E-state index is 5.29. The molecule has 1 heterocycles. The van der Waals surface area contributed by atoms with E-state index < -0.39 is 0 Å². The van der Waals surface area contributed by atoms with Gasteiger partial charge in [0, 0.05) is 24.8 Å². The van der Waals surface area contributed by atoms with Gasteiger partial charge in [-0.15, -0.1) is 6.42 Å². The number of nitrogens with zero attached hydrogens (tertiary/aromatic N) is 2. The van der Waals surface area contributed by atoms with Crippen molar-refractivity contribution >= 4 is 5.82 Å². The molecule has 0 spiro atoms. The highest BCUT2D eigenvalue weighted by molar-refractivity contribution is 5.48. The molecule has 0 radical (unpaired) electrons. The smallest absolute Gasteiger partial charge is 0.133 e. The van der Waals surface area contributed by atoms with E-state index in [0.29, 0.717) is 6.54 Å². The Balaban J connectivity index is 3.01. The van der Waals surface area contributed by atoms with E-state index in [4.69, 9.17) is 6.42 Å². The van der Waals surface area contributed by atoms with Gasteiger partial charge < -0.3 is 10.2 Å². The number of anilines is 1. The van der Waals surface area contributed by atoms with E-state index in [2.05, 4.69) is 29.2 Å². The average Bonchev–Trinajstić information content (AvgIpc) is 2.28. The molecule has 0 fully saturated rings. The summed E-state index contributed by atoms with van der Waals surface area (Å²) < 4.78 is 0. The van der Waals surface area contributed by atoms with Crippen molar-refractivity contribution in [3.63, 3.8) is 0 Å². The van der Waals surface area contributed by atoms with Gasteiger partial charge in [0.05, 0.1) is 6.54 Å². The number of hydrogen-bond donors (Lipinski definition) is 1. The van der Waals surface area contributed by atoms with E-state index in [1.54, 1.807) is 6.20 Å². The van der Waals surface area contributed by atoms with Gasteiger partial charge in [-0.25, -0.2) is 4.98 Å². The van der Waals surface area contributed by atoms with Crippen LogP contribution in [0.3, 0.4) is 0 Å². The first-order valence-corrected chi connectivity index (χ1v) is 4.97. The molecule has 1 rings (SSSR count). The van der Waals surface area contributed by atoms with Crippen molar-refractivity contribution in [1.82, 2.24) is 10.3 Å². The predicted molar refractivity (Wildman–Crippen MR) is 63.8 cm³/mol. The van der Waals surface area contributed by atoms with Crippen LogP contribution in [0.1, 0.15) is 18.5 Å². The van der Waals surface area contributed by atoms with Crippen LogP contribution in [-0.4, -0.2) is 25.6 Å². The molecule has 1 aromatic heterocycles. The molecule has 0 aliphatic carbocycles. The highest BCUT2D eigenvalue weighted by Gasteiger charge is 2.11. The minimum absolute atomic E-state index is 0.272. The number of terminal acetylenes is 1. The Morgan fingerprint density at radius 1 is 1.67 bits per heavy atom. The van der Waals surface area contributed by atoms with E-state index >= 15 is 0 Å². The van der Waals surface area contributed by atoms with Crippen molar-refractivity contribution in [3.8, 4) is 12.3 Å². The van der Waals surface area contributed by atoms with Gasteiger partial charge in [-0.1, -0.05) is 12.0 Å². The van der Waals surface area contributed by atoms with E-state index in [-0.39, 0.29) is 6.04 Å². The van der Waals surface area contributed by atoms with Crippen LogP contribution in [0.15, 0.2) is 18.3 Å². The zero-order valence-electron chi connectivity index (χ0n) is 9.49. The summed E-state index contributed by atoms with van der Waals surface area (Å²) >= 11 is 0. The number of rotatable bonds is 4. The van der Waals surface area contributed by atoms with Gasteiger partial charge >= 0.3 is 0 Å². The van der Waals surface area contributed by atoms with Crippen LogP contribution in [0, 0.1) is 12.3 Å². The summed E-state index contributed by atoms with van der Waals surface area (Å²) in [6.45, 7) is 2.67. The summed E-state index contributed by atoms with van der Waals surface area (Å²) in [5.41, 5.74) is 1.16. The lowest BCUT2D eigenvalue weighted by atomic mass is 10.1. The van der Waals surface area contributed by atoms with Gasteiger partial charge in [0.25, 0.3) is 0 Å². The summed E-state index contributed by atoms with van der Waals surface area (Å²) in [5.74, 6) is 3.56. The number of nitrogens with one attached hydrogen (secondary N) is 1. The lowest BCUT2D eigenvalue weighted by Crippen LogP contribution is -2.23. The average molecular weight is 203 g/mol. The summed E-state index contributed by atoms with van der Waals surface area (Å²) in [6.07, 6.45) is 7.08. The maximum atomic E-state index is 5.29. The fraction of sp³-hybridized carbons (Fsp3) is 0.417. The second-order valence-corrected chi connectivity index (χ2v) is 3.49. The second kappa shape index (κ2) is 5.38. The summed E-state index contributed by atoms with van der Waals surface area (Å²) in [5, 5.41) is 3.20. The molecule has 3 nitrogen and oxygen atoms in total. The third-order valence-electron chi connectivity index (χ3n) is 2.41. The normalized spacial score (nSPS) is 11.9. The van der Waals surface area contributed by atoms with Crippen molar-refractivity contribution in [1.29, 1.82) is 0 Å². The summed E-state index contributed by atoms with van der Waals surface area (Å²) in [4.78, 5) is 6.33. The maximum Gasteiger partial charge on any atom is 0.133 e. The lowest BCUT2D eigenvalue weighted by Gasteiger charge is -2.21. The largest absolute Gasteiger partial charge is 0.348 e. The third-order valence-corrected chi connectivity index (χ3v) is 2.41. The molecule has 0 amide bonds. The monoisotopic (exact) mass is 203 g/mol. The standard InChI is InChI=1S/C12H17N3/c1-5-9-15(4)12-11(10(2)13-3)7-6-8-14-12/h1,6-8,10,13H,9H2,2-4H3. The van der Waals surface area contributed by atoms with Crippen molar-refractivity contribution < 1.29 is 0 Å². The van der Waals surface area contributed by atoms with Gasteiger partial charge in [0.2, 0.25) is 0 Å². The van der Waals surface area contributed by atoms with Gasteiger partial charge in [0.1, 0.15) is 5.82 Å². The van der Waals surface area contributed by atoms with Gasteiger partial charge in [-0.3, -0.25) is 0 Å². The van der Waals surface area contributed by atoms with E-state index in [1.807, 2.05) is 25.1 Å². The van der Waals surface area contributed by atoms with Crippen LogP contribution < -0.4 is 10.2 Å². The first-order chi connectivity index (χ1) is 7.20. The fourth-order valence-electron chi connectivity index (χ4n) is 1.43. The van der Waals surface area contributed by atoms with Crippen LogP contribution in [0.5, 0.6) is 0 Å². The van der Waals surface area contributed by atoms with Crippen LogP contribution >= 0.6 is 0 Å². The molecule has 0 saturated carbocycles. The third kappa shape index (κ3) is 2.71. The van der Waals surface area contributed by atoms with E-state index in [1.165, 1.54) is 0 Å². The molecular formula is C12H17N3. The number of pyridine rings is 1. The Bertz CT molecular complexity index is 354. The molecule has 15 heavy (non-hydrogen) atoms. The minimum Gasteiger partial charge on any atom is -0.348 e. The summed E-state index contributed by atoms with van der Waals surface area (Å²) in [7, 11) is 3.89. The molecule has 1 unspecified atom stereocenters. The molecule has 0 saturated heterocycles. The van der Waals surface area contributed by atoms with Crippen LogP contribution in [-0.2, 0) is 0 Å².